The molecule has 1 aliphatic heterocycles. The maximum absolute atomic E-state index is 12.8. The van der Waals surface area contributed by atoms with Crippen LogP contribution in [0.2, 0.25) is 0 Å². The van der Waals surface area contributed by atoms with Gasteiger partial charge in [-0.25, -0.2) is 0 Å². The van der Waals surface area contributed by atoms with E-state index in [-0.39, 0.29) is 42.6 Å². The topological polar surface area (TPSA) is 54.0 Å². The van der Waals surface area contributed by atoms with Gasteiger partial charge in [0.2, 0.25) is 5.91 Å². The van der Waals surface area contributed by atoms with Crippen LogP contribution >= 0.6 is 36.2 Å². The summed E-state index contributed by atoms with van der Waals surface area (Å²) in [6, 6.07) is 16.0. The van der Waals surface area contributed by atoms with E-state index in [0.717, 1.165) is 29.9 Å². The Labute approximate surface area is 175 Å². The van der Waals surface area contributed by atoms with Crippen molar-refractivity contribution in [1.82, 2.24) is 10.3 Å². The minimum Gasteiger partial charge on any atom is -0.326 e. The largest absolute Gasteiger partial charge is 0.326 e. The number of aromatic nitrogens is 1. The van der Waals surface area contributed by atoms with Gasteiger partial charge in [-0.3, -0.25) is 9.78 Å². The van der Waals surface area contributed by atoms with Crippen LogP contribution in [0.3, 0.4) is 0 Å². The van der Waals surface area contributed by atoms with Gasteiger partial charge in [-0.05, 0) is 35.2 Å². The van der Waals surface area contributed by atoms with Crippen LogP contribution in [-0.2, 0) is 4.79 Å². The maximum atomic E-state index is 12.8. The molecule has 0 bridgehead atoms. The first kappa shape index (κ1) is 21.4. The first-order valence-corrected chi connectivity index (χ1v) is 9.25. The molecule has 4 nitrogen and oxygen atoms in total. The Morgan fingerprint density at radius 1 is 1.07 bits per heavy atom. The molecule has 2 N–H and O–H groups in total. The van der Waals surface area contributed by atoms with E-state index in [1.54, 1.807) is 17.5 Å². The van der Waals surface area contributed by atoms with Crippen LogP contribution in [0.5, 0.6) is 0 Å². The molecule has 1 amide bonds. The monoisotopic (exact) mass is 421 g/mol. The van der Waals surface area contributed by atoms with Gasteiger partial charge in [-0.2, -0.15) is 0 Å². The zero-order valence-electron chi connectivity index (χ0n) is 14.5. The summed E-state index contributed by atoms with van der Waals surface area (Å²) in [5.74, 6) is 0.286. The molecule has 0 aliphatic carbocycles. The number of carbonyl (C=O) groups is 1. The van der Waals surface area contributed by atoms with Gasteiger partial charge >= 0.3 is 0 Å². The Bertz CT molecular complexity index is 859. The molecule has 1 aromatic carbocycles. The molecule has 0 radical (unpaired) electrons. The first-order valence-electron chi connectivity index (χ1n) is 8.37. The van der Waals surface area contributed by atoms with Crippen molar-refractivity contribution < 1.29 is 4.79 Å². The van der Waals surface area contributed by atoms with Crippen LogP contribution in [0.1, 0.15) is 10.8 Å². The summed E-state index contributed by atoms with van der Waals surface area (Å²) in [4.78, 5) is 18.2. The molecule has 142 valence electrons. The van der Waals surface area contributed by atoms with Gasteiger partial charge in [0, 0.05) is 47.5 Å². The highest BCUT2D eigenvalue weighted by molar-refractivity contribution is 7.10. The third-order valence-corrected chi connectivity index (χ3v) is 5.59. The molecular formula is C20H21Cl2N3OS. The van der Waals surface area contributed by atoms with Crippen molar-refractivity contribution in [2.75, 3.05) is 18.4 Å². The summed E-state index contributed by atoms with van der Waals surface area (Å²) in [5, 5.41) is 8.51. The summed E-state index contributed by atoms with van der Waals surface area (Å²) in [5.41, 5.74) is 2.91. The van der Waals surface area contributed by atoms with Crippen molar-refractivity contribution in [3.05, 3.63) is 71.2 Å². The van der Waals surface area contributed by atoms with Crippen LogP contribution in [-0.4, -0.2) is 24.0 Å². The fraction of sp³-hybridized carbons (Fsp3) is 0.200. The Balaban J connectivity index is 0.00000131. The van der Waals surface area contributed by atoms with E-state index >= 15 is 0 Å². The van der Waals surface area contributed by atoms with Gasteiger partial charge < -0.3 is 10.6 Å². The average Bonchev–Trinajstić information content (AvgIpc) is 3.34. The van der Waals surface area contributed by atoms with E-state index in [1.807, 2.05) is 48.7 Å². The molecule has 2 atom stereocenters. The number of pyridine rings is 1. The summed E-state index contributed by atoms with van der Waals surface area (Å²) in [6.07, 6.45) is 3.58. The zero-order valence-corrected chi connectivity index (χ0v) is 16.9. The second kappa shape index (κ2) is 9.85. The predicted octanol–water partition coefficient (Wildman–Crippen LogP) is 4.60. The molecule has 7 heteroatoms. The van der Waals surface area contributed by atoms with Crippen LogP contribution in [0.15, 0.2) is 66.3 Å². The van der Waals surface area contributed by atoms with E-state index in [0.29, 0.717) is 0 Å². The number of carbonyl (C=O) groups excluding carboxylic acids is 1. The van der Waals surface area contributed by atoms with Crippen molar-refractivity contribution in [2.45, 2.75) is 5.92 Å². The lowest BCUT2D eigenvalue weighted by molar-refractivity contribution is -0.119. The number of nitrogens with one attached hydrogen (secondary N) is 2. The number of halogens is 2. The zero-order chi connectivity index (χ0) is 17.1. The van der Waals surface area contributed by atoms with Crippen molar-refractivity contribution in [3.63, 3.8) is 0 Å². The van der Waals surface area contributed by atoms with Crippen LogP contribution < -0.4 is 10.6 Å². The molecule has 1 saturated heterocycles. The minimum atomic E-state index is -0.0410. The number of thiophene rings is 1. The molecule has 0 saturated carbocycles. The number of benzene rings is 1. The van der Waals surface area contributed by atoms with Crippen molar-refractivity contribution in [2.24, 2.45) is 5.92 Å². The normalized spacial score (nSPS) is 18.2. The van der Waals surface area contributed by atoms with E-state index in [9.17, 15) is 4.79 Å². The SMILES string of the molecule is Cl.Cl.O=C(Nc1cccc(-c2cccnc2)c1)C1CNCC1c1cccs1. The van der Waals surface area contributed by atoms with Crippen molar-refractivity contribution in [3.8, 4) is 11.1 Å². The van der Waals surface area contributed by atoms with Crippen LogP contribution in [0, 0.1) is 5.92 Å². The van der Waals surface area contributed by atoms with Gasteiger partial charge in [0.15, 0.2) is 0 Å². The van der Waals surface area contributed by atoms with Gasteiger partial charge in [-0.1, -0.05) is 24.3 Å². The third-order valence-electron chi connectivity index (χ3n) is 4.58. The number of nitrogens with zero attached hydrogens (tertiary/aromatic N) is 1. The first-order chi connectivity index (χ1) is 12.3. The fourth-order valence-electron chi connectivity index (χ4n) is 3.30. The number of hydrogen-bond donors (Lipinski definition) is 2. The van der Waals surface area contributed by atoms with E-state index in [4.69, 9.17) is 0 Å². The highest BCUT2D eigenvalue weighted by atomic mass is 35.5. The van der Waals surface area contributed by atoms with Gasteiger partial charge in [0.1, 0.15) is 0 Å². The quantitative estimate of drug-likeness (QED) is 0.647. The van der Waals surface area contributed by atoms with Crippen LogP contribution in [0.4, 0.5) is 5.69 Å². The fourth-order valence-corrected chi connectivity index (χ4v) is 4.19. The number of anilines is 1. The molecule has 3 aromatic rings. The molecule has 3 heterocycles. The summed E-state index contributed by atoms with van der Waals surface area (Å²) in [6.45, 7) is 1.57. The van der Waals surface area contributed by atoms with E-state index in [1.165, 1.54) is 4.88 Å². The second-order valence-corrected chi connectivity index (χ2v) is 7.18. The van der Waals surface area contributed by atoms with Crippen LogP contribution in [0.25, 0.3) is 11.1 Å². The van der Waals surface area contributed by atoms with Gasteiger partial charge in [0.25, 0.3) is 0 Å². The lowest BCUT2D eigenvalue weighted by Crippen LogP contribution is -2.27. The summed E-state index contributed by atoms with van der Waals surface area (Å²) in [7, 11) is 0. The number of hydrogen-bond acceptors (Lipinski definition) is 4. The molecule has 2 unspecified atom stereocenters. The van der Waals surface area contributed by atoms with Gasteiger partial charge in [-0.15, -0.1) is 36.2 Å². The molecule has 27 heavy (non-hydrogen) atoms. The molecular weight excluding hydrogens is 401 g/mol. The smallest absolute Gasteiger partial charge is 0.229 e. The average molecular weight is 422 g/mol. The Hall–Kier alpha value is -1.92. The van der Waals surface area contributed by atoms with E-state index in [2.05, 4.69) is 27.1 Å². The summed E-state index contributed by atoms with van der Waals surface area (Å²) < 4.78 is 0. The molecule has 2 aromatic heterocycles. The number of rotatable bonds is 4. The standard InChI is InChI=1S/C20H19N3OS.2ClH/c24-20(18-13-22-12-17(18)19-7-3-9-25-19)23-16-6-1-4-14(10-16)15-5-2-8-21-11-15;;/h1-11,17-18,22H,12-13H2,(H,23,24);2*1H. The Morgan fingerprint density at radius 2 is 1.93 bits per heavy atom. The molecule has 1 fully saturated rings. The number of amides is 1. The molecule has 0 spiro atoms. The van der Waals surface area contributed by atoms with Crippen molar-refractivity contribution in [1.29, 1.82) is 0 Å². The van der Waals surface area contributed by atoms with Crippen molar-refractivity contribution >= 4 is 47.7 Å². The third kappa shape index (κ3) is 4.87. The van der Waals surface area contributed by atoms with E-state index < -0.39 is 0 Å². The second-order valence-electron chi connectivity index (χ2n) is 6.20. The highest BCUT2D eigenvalue weighted by Gasteiger charge is 2.34. The minimum absolute atomic E-state index is 0. The highest BCUT2D eigenvalue weighted by Crippen LogP contribution is 2.32. The molecule has 1 aliphatic rings. The Morgan fingerprint density at radius 3 is 2.67 bits per heavy atom. The van der Waals surface area contributed by atoms with Gasteiger partial charge in [0.05, 0.1) is 5.92 Å². The molecule has 4 rings (SSSR count). The summed E-state index contributed by atoms with van der Waals surface area (Å²) >= 11 is 1.72. The lowest BCUT2D eigenvalue weighted by atomic mass is 9.93. The maximum Gasteiger partial charge on any atom is 0.229 e. The predicted molar refractivity (Wildman–Crippen MR) is 116 cm³/mol. The Kier molecular flexibility index (Phi) is 7.80. The lowest BCUT2D eigenvalue weighted by Gasteiger charge is -2.17.